The predicted molar refractivity (Wildman–Crippen MR) is 122 cm³/mol. The molecule has 6 nitrogen and oxygen atoms in total. The van der Waals surface area contributed by atoms with Crippen LogP contribution in [0, 0.1) is 12.8 Å². The number of aromatic nitrogens is 2. The van der Waals surface area contributed by atoms with Gasteiger partial charge in [-0.1, -0.05) is 49.0 Å². The zero-order valence-electron chi connectivity index (χ0n) is 18.1. The minimum absolute atomic E-state index is 0.0333. The van der Waals surface area contributed by atoms with E-state index in [0.29, 0.717) is 29.4 Å². The molecule has 0 spiro atoms. The van der Waals surface area contributed by atoms with Crippen LogP contribution in [-0.2, 0) is 11.2 Å². The Bertz CT molecular complexity index is 892. The Balaban J connectivity index is 1.60. The highest BCUT2D eigenvalue weighted by molar-refractivity contribution is 7.98. The first-order valence-electron chi connectivity index (χ1n) is 10.7. The Morgan fingerprint density at radius 3 is 2.63 bits per heavy atom. The average Bonchev–Trinajstić information content (AvgIpc) is 2.75. The lowest BCUT2D eigenvalue weighted by Gasteiger charge is -2.37. The molecule has 162 valence electrons. The summed E-state index contributed by atoms with van der Waals surface area (Å²) in [4.78, 5) is 34.5. The number of thioether (sulfide) groups is 1. The summed E-state index contributed by atoms with van der Waals surface area (Å²) in [6, 6.07) is 10.6. The van der Waals surface area contributed by atoms with Crippen molar-refractivity contribution in [2.75, 3.05) is 25.9 Å². The van der Waals surface area contributed by atoms with E-state index in [0.717, 1.165) is 19.0 Å². The van der Waals surface area contributed by atoms with E-state index >= 15 is 0 Å². The Labute approximate surface area is 182 Å². The molecule has 1 aliphatic heterocycles. The molecule has 2 aromatic rings. The van der Waals surface area contributed by atoms with Crippen LogP contribution in [0.3, 0.4) is 0 Å². The van der Waals surface area contributed by atoms with Gasteiger partial charge in [0.05, 0.1) is 6.04 Å². The number of hydrogen-bond donors (Lipinski definition) is 2. The molecule has 1 aromatic heterocycles. The molecule has 1 atom stereocenters. The van der Waals surface area contributed by atoms with E-state index < -0.39 is 0 Å². The highest BCUT2D eigenvalue weighted by Crippen LogP contribution is 2.26. The molecule has 2 N–H and O–H groups in total. The minimum atomic E-state index is -0.149. The van der Waals surface area contributed by atoms with Gasteiger partial charge in [-0.2, -0.15) is 0 Å². The van der Waals surface area contributed by atoms with Crippen LogP contribution in [0.4, 0.5) is 0 Å². The molecule has 1 fully saturated rings. The van der Waals surface area contributed by atoms with Crippen molar-refractivity contribution in [2.45, 2.75) is 50.7 Å². The second-order valence-corrected chi connectivity index (χ2v) is 8.88. The zero-order valence-corrected chi connectivity index (χ0v) is 18.9. The smallest absolute Gasteiger partial charge is 0.254 e. The first-order chi connectivity index (χ1) is 14.5. The summed E-state index contributed by atoms with van der Waals surface area (Å²) in [6.07, 6.45) is 4.93. The fourth-order valence-electron chi connectivity index (χ4n) is 3.99. The molecule has 0 saturated carbocycles. The van der Waals surface area contributed by atoms with Gasteiger partial charge in [-0.25, -0.2) is 4.98 Å². The van der Waals surface area contributed by atoms with Crippen molar-refractivity contribution in [2.24, 2.45) is 5.92 Å². The Morgan fingerprint density at radius 1 is 1.30 bits per heavy atom. The number of benzene rings is 1. The third-order valence-electron chi connectivity index (χ3n) is 5.93. The van der Waals surface area contributed by atoms with E-state index in [2.05, 4.69) is 51.4 Å². The Kier molecular flexibility index (Phi) is 8.10. The summed E-state index contributed by atoms with van der Waals surface area (Å²) < 4.78 is 0. The summed E-state index contributed by atoms with van der Waals surface area (Å²) in [6.45, 7) is 6.82. The van der Waals surface area contributed by atoms with Crippen LogP contribution in [0.1, 0.15) is 49.0 Å². The SMILES string of the molecule is CSc1nc(C)c(CCC(=O)NCC(c2ccccc2)N2CCC(C)CC2)c(=O)[nH]1. The summed E-state index contributed by atoms with van der Waals surface area (Å²) in [5.74, 6) is 0.730. The van der Waals surface area contributed by atoms with Crippen LogP contribution in [0.5, 0.6) is 0 Å². The summed E-state index contributed by atoms with van der Waals surface area (Å²) in [7, 11) is 0. The standard InChI is InChI=1S/C23H32N4O2S/c1-16-11-13-27(14-12-16)20(18-7-5-4-6-8-18)15-24-21(28)10-9-19-17(2)25-23(30-3)26-22(19)29/h4-8,16,20H,9-15H2,1-3H3,(H,24,28)(H,25,26,29). The number of H-pyrrole nitrogens is 1. The molecule has 0 bridgehead atoms. The molecule has 1 saturated heterocycles. The number of nitrogens with zero attached hydrogens (tertiary/aromatic N) is 2. The number of carbonyl (C=O) groups is 1. The van der Waals surface area contributed by atoms with Crippen molar-refractivity contribution in [3.05, 3.63) is 57.5 Å². The third kappa shape index (κ3) is 5.95. The quantitative estimate of drug-likeness (QED) is 0.498. The summed E-state index contributed by atoms with van der Waals surface area (Å²) in [5.41, 5.74) is 2.37. The lowest BCUT2D eigenvalue weighted by Crippen LogP contribution is -2.42. The van der Waals surface area contributed by atoms with Gasteiger partial charge >= 0.3 is 0 Å². The van der Waals surface area contributed by atoms with Gasteiger partial charge in [-0.05, 0) is 57.0 Å². The van der Waals surface area contributed by atoms with Gasteiger partial charge in [0, 0.05) is 24.2 Å². The Morgan fingerprint density at radius 2 is 2.00 bits per heavy atom. The lowest BCUT2D eigenvalue weighted by atomic mass is 9.95. The number of aryl methyl sites for hydroxylation is 1. The van der Waals surface area contributed by atoms with E-state index in [9.17, 15) is 9.59 Å². The highest BCUT2D eigenvalue weighted by atomic mass is 32.2. The van der Waals surface area contributed by atoms with Gasteiger partial charge in [0.25, 0.3) is 5.56 Å². The number of aromatic amines is 1. The molecule has 1 aromatic carbocycles. The molecular formula is C23H32N4O2S. The maximum absolute atomic E-state index is 12.6. The van der Waals surface area contributed by atoms with Crippen molar-refractivity contribution < 1.29 is 4.79 Å². The molecule has 3 rings (SSSR count). The number of rotatable bonds is 8. The monoisotopic (exact) mass is 428 g/mol. The molecule has 1 unspecified atom stereocenters. The van der Waals surface area contributed by atoms with Gasteiger partial charge in [0.2, 0.25) is 5.91 Å². The zero-order chi connectivity index (χ0) is 21.5. The van der Waals surface area contributed by atoms with Gasteiger partial charge < -0.3 is 10.3 Å². The van der Waals surface area contributed by atoms with Crippen LogP contribution in [0.2, 0.25) is 0 Å². The van der Waals surface area contributed by atoms with E-state index in [1.807, 2.05) is 19.2 Å². The van der Waals surface area contributed by atoms with Crippen LogP contribution < -0.4 is 10.9 Å². The first kappa shape index (κ1) is 22.6. The van der Waals surface area contributed by atoms with Crippen LogP contribution in [0.25, 0.3) is 0 Å². The van der Waals surface area contributed by atoms with Gasteiger partial charge in [0.15, 0.2) is 5.16 Å². The first-order valence-corrected chi connectivity index (χ1v) is 11.9. The van der Waals surface area contributed by atoms with E-state index in [-0.39, 0.29) is 23.9 Å². The Hall–Kier alpha value is -2.12. The van der Waals surface area contributed by atoms with Crippen LogP contribution >= 0.6 is 11.8 Å². The second kappa shape index (κ2) is 10.8. The van der Waals surface area contributed by atoms with Gasteiger partial charge in [-0.15, -0.1) is 0 Å². The van der Waals surface area contributed by atoms with Crippen LogP contribution in [0.15, 0.2) is 40.3 Å². The van der Waals surface area contributed by atoms with Crippen molar-refractivity contribution in [3.63, 3.8) is 0 Å². The van der Waals surface area contributed by atoms with Crippen molar-refractivity contribution in [1.29, 1.82) is 0 Å². The maximum Gasteiger partial charge on any atom is 0.254 e. The van der Waals surface area contributed by atoms with Crippen molar-refractivity contribution in [1.82, 2.24) is 20.2 Å². The number of piperidine rings is 1. The maximum atomic E-state index is 12.6. The molecule has 2 heterocycles. The number of carbonyl (C=O) groups excluding carboxylic acids is 1. The normalized spacial score (nSPS) is 16.4. The topological polar surface area (TPSA) is 78.1 Å². The van der Waals surface area contributed by atoms with E-state index in [1.165, 1.54) is 30.2 Å². The molecule has 1 aliphatic rings. The van der Waals surface area contributed by atoms with Gasteiger partial charge in [0.1, 0.15) is 0 Å². The predicted octanol–water partition coefficient (Wildman–Crippen LogP) is 3.32. The van der Waals surface area contributed by atoms with E-state index in [1.54, 1.807) is 0 Å². The average molecular weight is 429 g/mol. The molecule has 30 heavy (non-hydrogen) atoms. The third-order valence-corrected chi connectivity index (χ3v) is 6.51. The van der Waals surface area contributed by atoms with Crippen molar-refractivity contribution in [3.8, 4) is 0 Å². The largest absolute Gasteiger partial charge is 0.354 e. The van der Waals surface area contributed by atoms with Crippen LogP contribution in [-0.4, -0.2) is 46.7 Å². The summed E-state index contributed by atoms with van der Waals surface area (Å²) in [5, 5.41) is 3.71. The lowest BCUT2D eigenvalue weighted by molar-refractivity contribution is -0.121. The molecular weight excluding hydrogens is 396 g/mol. The number of amides is 1. The number of hydrogen-bond acceptors (Lipinski definition) is 5. The molecule has 7 heteroatoms. The fourth-order valence-corrected chi connectivity index (χ4v) is 4.41. The molecule has 0 aliphatic carbocycles. The highest BCUT2D eigenvalue weighted by Gasteiger charge is 2.25. The second-order valence-electron chi connectivity index (χ2n) is 8.09. The van der Waals surface area contributed by atoms with Crippen molar-refractivity contribution >= 4 is 17.7 Å². The molecule has 1 amide bonds. The minimum Gasteiger partial charge on any atom is -0.354 e. The summed E-state index contributed by atoms with van der Waals surface area (Å²) >= 11 is 1.40. The number of likely N-dealkylation sites (tertiary alicyclic amines) is 1. The molecule has 0 radical (unpaired) electrons. The van der Waals surface area contributed by atoms with E-state index in [4.69, 9.17) is 0 Å². The van der Waals surface area contributed by atoms with Gasteiger partial charge in [-0.3, -0.25) is 14.5 Å². The fraction of sp³-hybridized carbons (Fsp3) is 0.522. The number of nitrogens with one attached hydrogen (secondary N) is 2.